The molecule has 0 bridgehead atoms. The smallest absolute Gasteiger partial charge is 0.255 e. The van der Waals surface area contributed by atoms with Crippen LogP contribution in [0.25, 0.3) is 0 Å². The number of benzene rings is 1. The molecule has 3 nitrogen and oxygen atoms in total. The molecule has 1 atom stereocenters. The summed E-state index contributed by atoms with van der Waals surface area (Å²) in [5.41, 5.74) is 1.54. The summed E-state index contributed by atoms with van der Waals surface area (Å²) in [5, 5.41) is 6.59. The molecule has 2 rings (SSSR count). The van der Waals surface area contributed by atoms with E-state index < -0.39 is 0 Å². The number of rotatable bonds is 2. The summed E-state index contributed by atoms with van der Waals surface area (Å²) < 4.78 is 0. The van der Waals surface area contributed by atoms with E-state index in [4.69, 9.17) is 23.2 Å². The number of hydrogen-bond donors (Lipinski definition) is 0. The van der Waals surface area contributed by atoms with Crippen molar-refractivity contribution in [3.8, 4) is 0 Å². The summed E-state index contributed by atoms with van der Waals surface area (Å²) in [6.07, 6.45) is 0.769. The Balaban J connectivity index is 2.38. The van der Waals surface area contributed by atoms with Crippen molar-refractivity contribution in [3.05, 3.63) is 28.2 Å². The fourth-order valence-electron chi connectivity index (χ4n) is 1.77. The average Bonchev–Trinajstić information content (AvgIpc) is 2.60. The standard InChI is InChI=1S/C12H12Cl2N2O/c1-3-11-7(2)12(17)16(15-11)8-4-5-9(13)10(14)6-8/h4-7H,3H2,1-2H3. The molecule has 5 heteroatoms. The molecule has 1 aliphatic rings. The minimum Gasteiger partial charge on any atom is -0.272 e. The van der Waals surface area contributed by atoms with E-state index in [1.807, 2.05) is 13.8 Å². The third kappa shape index (κ3) is 2.17. The highest BCUT2D eigenvalue weighted by molar-refractivity contribution is 6.42. The lowest BCUT2D eigenvalue weighted by Crippen LogP contribution is -2.25. The molecule has 1 aromatic rings. The maximum Gasteiger partial charge on any atom is 0.255 e. The highest BCUT2D eigenvalue weighted by Gasteiger charge is 2.32. The predicted octanol–water partition coefficient (Wildman–Crippen LogP) is 3.74. The quantitative estimate of drug-likeness (QED) is 0.806. The molecule has 0 aliphatic carbocycles. The summed E-state index contributed by atoms with van der Waals surface area (Å²) in [7, 11) is 0. The van der Waals surface area contributed by atoms with E-state index in [0.29, 0.717) is 15.7 Å². The number of halogens is 2. The highest BCUT2D eigenvalue weighted by Crippen LogP contribution is 2.30. The number of anilines is 1. The van der Waals surface area contributed by atoms with Gasteiger partial charge in [-0.05, 0) is 31.5 Å². The van der Waals surface area contributed by atoms with Crippen molar-refractivity contribution in [1.29, 1.82) is 0 Å². The number of amides is 1. The molecule has 1 unspecified atom stereocenters. The van der Waals surface area contributed by atoms with Crippen LogP contribution >= 0.6 is 23.2 Å². The second-order valence-corrected chi connectivity index (χ2v) is 4.73. The van der Waals surface area contributed by atoms with E-state index in [1.165, 1.54) is 5.01 Å². The number of nitrogens with zero attached hydrogens (tertiary/aromatic N) is 2. The molecule has 0 N–H and O–H groups in total. The molecule has 0 radical (unpaired) electrons. The molecule has 1 heterocycles. The Morgan fingerprint density at radius 2 is 2.06 bits per heavy atom. The topological polar surface area (TPSA) is 32.7 Å². The summed E-state index contributed by atoms with van der Waals surface area (Å²) >= 11 is 11.8. The van der Waals surface area contributed by atoms with Crippen LogP contribution < -0.4 is 5.01 Å². The fourth-order valence-corrected chi connectivity index (χ4v) is 2.06. The average molecular weight is 271 g/mol. The molecule has 17 heavy (non-hydrogen) atoms. The SMILES string of the molecule is CCC1=NN(c2ccc(Cl)c(Cl)c2)C(=O)C1C. The van der Waals surface area contributed by atoms with Crippen LogP contribution in [0.2, 0.25) is 10.0 Å². The summed E-state index contributed by atoms with van der Waals surface area (Å²) in [6.45, 7) is 3.85. The van der Waals surface area contributed by atoms with Crippen LogP contribution in [0.3, 0.4) is 0 Å². The zero-order chi connectivity index (χ0) is 12.6. The molecular weight excluding hydrogens is 259 g/mol. The normalized spacial score (nSPS) is 19.8. The van der Waals surface area contributed by atoms with Crippen LogP contribution in [-0.4, -0.2) is 11.6 Å². The second-order valence-electron chi connectivity index (χ2n) is 3.92. The number of carbonyl (C=O) groups is 1. The van der Waals surface area contributed by atoms with E-state index in [0.717, 1.165) is 12.1 Å². The molecule has 1 amide bonds. The van der Waals surface area contributed by atoms with Gasteiger partial charge in [-0.25, -0.2) is 5.01 Å². The van der Waals surface area contributed by atoms with Gasteiger partial charge in [-0.2, -0.15) is 5.10 Å². The number of hydrogen-bond acceptors (Lipinski definition) is 2. The summed E-state index contributed by atoms with van der Waals surface area (Å²) in [4.78, 5) is 12.0. The van der Waals surface area contributed by atoms with Crippen LogP contribution in [0.5, 0.6) is 0 Å². The van der Waals surface area contributed by atoms with Crippen molar-refractivity contribution < 1.29 is 4.79 Å². The molecular formula is C12H12Cl2N2O. The highest BCUT2D eigenvalue weighted by atomic mass is 35.5. The molecule has 0 saturated heterocycles. The minimum absolute atomic E-state index is 0.0276. The van der Waals surface area contributed by atoms with Gasteiger partial charge in [-0.15, -0.1) is 0 Å². The zero-order valence-corrected chi connectivity index (χ0v) is 11.1. The Morgan fingerprint density at radius 3 is 2.59 bits per heavy atom. The van der Waals surface area contributed by atoms with Gasteiger partial charge in [0.1, 0.15) is 0 Å². The Hall–Kier alpha value is -1.06. The van der Waals surface area contributed by atoms with Crippen LogP contribution in [0, 0.1) is 5.92 Å². The van der Waals surface area contributed by atoms with Crippen molar-refractivity contribution in [3.63, 3.8) is 0 Å². The zero-order valence-electron chi connectivity index (χ0n) is 9.58. The first-order valence-electron chi connectivity index (χ1n) is 5.41. The van der Waals surface area contributed by atoms with E-state index in [2.05, 4.69) is 5.10 Å². The van der Waals surface area contributed by atoms with Crippen molar-refractivity contribution >= 4 is 40.5 Å². The Bertz CT molecular complexity index is 499. The Labute approximate surface area is 110 Å². The van der Waals surface area contributed by atoms with Crippen molar-refractivity contribution in [2.75, 3.05) is 5.01 Å². The third-order valence-corrected chi connectivity index (χ3v) is 3.56. The van der Waals surface area contributed by atoms with E-state index in [1.54, 1.807) is 18.2 Å². The van der Waals surface area contributed by atoms with Gasteiger partial charge in [-0.3, -0.25) is 4.79 Å². The molecule has 0 aromatic heterocycles. The van der Waals surface area contributed by atoms with Gasteiger partial charge >= 0.3 is 0 Å². The van der Waals surface area contributed by atoms with Crippen LogP contribution in [0.15, 0.2) is 23.3 Å². The van der Waals surface area contributed by atoms with Gasteiger partial charge in [0.05, 0.1) is 27.4 Å². The lowest BCUT2D eigenvalue weighted by atomic mass is 10.0. The monoisotopic (exact) mass is 270 g/mol. The molecule has 0 fully saturated rings. The van der Waals surface area contributed by atoms with Crippen molar-refractivity contribution in [2.24, 2.45) is 11.0 Å². The van der Waals surface area contributed by atoms with Gasteiger partial charge in [0.2, 0.25) is 0 Å². The lowest BCUT2D eigenvalue weighted by Gasteiger charge is -2.13. The lowest BCUT2D eigenvalue weighted by molar-refractivity contribution is -0.119. The van der Waals surface area contributed by atoms with Crippen LogP contribution in [-0.2, 0) is 4.79 Å². The van der Waals surface area contributed by atoms with Gasteiger partial charge in [0.15, 0.2) is 0 Å². The first-order chi connectivity index (χ1) is 8.04. The molecule has 1 aliphatic heterocycles. The van der Waals surface area contributed by atoms with E-state index >= 15 is 0 Å². The third-order valence-electron chi connectivity index (χ3n) is 2.82. The van der Waals surface area contributed by atoms with Gasteiger partial charge < -0.3 is 0 Å². The molecule has 1 aromatic carbocycles. The fraction of sp³-hybridized carbons (Fsp3) is 0.333. The summed E-state index contributed by atoms with van der Waals surface area (Å²) in [5.74, 6) is -0.185. The Kier molecular flexibility index (Phi) is 3.40. The molecule has 90 valence electrons. The number of hydrazone groups is 1. The van der Waals surface area contributed by atoms with Crippen molar-refractivity contribution in [1.82, 2.24) is 0 Å². The van der Waals surface area contributed by atoms with E-state index in [-0.39, 0.29) is 11.8 Å². The largest absolute Gasteiger partial charge is 0.272 e. The first-order valence-corrected chi connectivity index (χ1v) is 6.16. The molecule has 0 spiro atoms. The number of carbonyl (C=O) groups excluding carboxylic acids is 1. The van der Waals surface area contributed by atoms with Crippen molar-refractivity contribution in [2.45, 2.75) is 20.3 Å². The van der Waals surface area contributed by atoms with Gasteiger partial charge in [0.25, 0.3) is 5.91 Å². The first kappa shape index (κ1) is 12.4. The molecule has 0 saturated carbocycles. The van der Waals surface area contributed by atoms with Crippen LogP contribution in [0.4, 0.5) is 5.69 Å². The summed E-state index contributed by atoms with van der Waals surface area (Å²) in [6, 6.07) is 5.05. The van der Waals surface area contributed by atoms with Gasteiger partial charge in [0, 0.05) is 0 Å². The van der Waals surface area contributed by atoms with E-state index in [9.17, 15) is 4.79 Å². The van der Waals surface area contributed by atoms with Crippen LogP contribution in [0.1, 0.15) is 20.3 Å². The maximum atomic E-state index is 12.0. The Morgan fingerprint density at radius 1 is 1.35 bits per heavy atom. The minimum atomic E-state index is -0.158. The second kappa shape index (κ2) is 4.67. The van der Waals surface area contributed by atoms with Gasteiger partial charge in [-0.1, -0.05) is 30.1 Å². The predicted molar refractivity (Wildman–Crippen MR) is 70.8 cm³/mol. The maximum absolute atomic E-state index is 12.0.